The number of H-pyrrole nitrogens is 1. The highest BCUT2D eigenvalue weighted by Gasteiger charge is 2.21. The molecule has 2 aromatic heterocycles. The van der Waals surface area contributed by atoms with Crippen LogP contribution in [0.3, 0.4) is 0 Å². The fourth-order valence-corrected chi connectivity index (χ4v) is 4.85. The number of hydrogen-bond donors (Lipinski definition) is 2. The number of imidazole rings is 1. The molecule has 1 fully saturated rings. The third kappa shape index (κ3) is 4.88. The SMILES string of the molecule is COc1ccc2[nH]cc(CCNC(=O)CN3CCC(Cn4cnc5ccccc54)CC3)c2c1. The van der Waals surface area contributed by atoms with Crippen LogP contribution in [-0.4, -0.2) is 58.6 Å². The lowest BCUT2D eigenvalue weighted by Gasteiger charge is -2.31. The normalized spacial score (nSPS) is 15.3. The molecule has 172 valence electrons. The van der Waals surface area contributed by atoms with Crippen molar-refractivity contribution in [1.82, 2.24) is 24.8 Å². The summed E-state index contributed by atoms with van der Waals surface area (Å²) >= 11 is 0. The molecule has 2 aromatic carbocycles. The summed E-state index contributed by atoms with van der Waals surface area (Å²) in [6, 6.07) is 14.3. The molecule has 7 heteroatoms. The summed E-state index contributed by atoms with van der Waals surface area (Å²) in [5, 5.41) is 4.24. The summed E-state index contributed by atoms with van der Waals surface area (Å²) in [6.45, 7) is 4.03. The second-order valence-electron chi connectivity index (χ2n) is 8.93. The average molecular weight is 446 g/mol. The van der Waals surface area contributed by atoms with Crippen molar-refractivity contribution in [1.29, 1.82) is 0 Å². The maximum absolute atomic E-state index is 12.5. The van der Waals surface area contributed by atoms with E-state index in [4.69, 9.17) is 4.74 Å². The van der Waals surface area contributed by atoms with Gasteiger partial charge in [-0.05, 0) is 74.2 Å². The molecule has 7 nitrogen and oxygen atoms in total. The number of benzene rings is 2. The van der Waals surface area contributed by atoms with Crippen molar-refractivity contribution in [2.24, 2.45) is 5.92 Å². The number of carbonyl (C=O) groups is 1. The van der Waals surface area contributed by atoms with E-state index in [9.17, 15) is 4.79 Å². The van der Waals surface area contributed by atoms with Crippen molar-refractivity contribution in [2.75, 3.05) is 33.3 Å². The molecule has 1 saturated heterocycles. The first kappa shape index (κ1) is 21.5. The maximum atomic E-state index is 12.5. The minimum absolute atomic E-state index is 0.103. The molecule has 0 radical (unpaired) electrons. The van der Waals surface area contributed by atoms with Crippen LogP contribution < -0.4 is 10.1 Å². The van der Waals surface area contributed by atoms with Crippen molar-refractivity contribution < 1.29 is 9.53 Å². The van der Waals surface area contributed by atoms with E-state index in [0.717, 1.165) is 61.1 Å². The third-order valence-corrected chi connectivity index (χ3v) is 6.75. The van der Waals surface area contributed by atoms with Crippen LogP contribution in [0.5, 0.6) is 5.75 Å². The zero-order valence-corrected chi connectivity index (χ0v) is 19.1. The van der Waals surface area contributed by atoms with E-state index in [1.54, 1.807) is 7.11 Å². The Morgan fingerprint density at radius 3 is 2.91 bits per heavy atom. The molecule has 2 N–H and O–H groups in total. The van der Waals surface area contributed by atoms with Crippen molar-refractivity contribution in [3.05, 3.63) is 60.6 Å². The van der Waals surface area contributed by atoms with Gasteiger partial charge in [-0.3, -0.25) is 9.69 Å². The Bertz CT molecular complexity index is 1240. The van der Waals surface area contributed by atoms with E-state index in [2.05, 4.69) is 43.0 Å². The van der Waals surface area contributed by atoms with E-state index >= 15 is 0 Å². The van der Waals surface area contributed by atoms with Gasteiger partial charge in [-0.2, -0.15) is 0 Å². The first-order valence-corrected chi connectivity index (χ1v) is 11.7. The zero-order valence-electron chi connectivity index (χ0n) is 19.1. The number of methoxy groups -OCH3 is 1. The van der Waals surface area contributed by atoms with Crippen LogP contribution in [0.1, 0.15) is 18.4 Å². The van der Waals surface area contributed by atoms with Crippen molar-refractivity contribution in [2.45, 2.75) is 25.8 Å². The first-order valence-electron chi connectivity index (χ1n) is 11.7. The summed E-state index contributed by atoms with van der Waals surface area (Å²) in [5.74, 6) is 1.57. The molecule has 0 aliphatic carbocycles. The summed E-state index contributed by atoms with van der Waals surface area (Å²) in [5.41, 5.74) is 4.53. The molecule has 1 aliphatic heterocycles. The number of amides is 1. The molecule has 0 unspecified atom stereocenters. The van der Waals surface area contributed by atoms with Gasteiger partial charge >= 0.3 is 0 Å². The monoisotopic (exact) mass is 445 g/mol. The number of likely N-dealkylation sites (tertiary alicyclic amines) is 1. The van der Waals surface area contributed by atoms with E-state index in [1.807, 2.05) is 36.8 Å². The molecule has 1 aliphatic rings. The van der Waals surface area contributed by atoms with E-state index in [1.165, 1.54) is 11.1 Å². The van der Waals surface area contributed by atoms with Crippen molar-refractivity contribution in [3.8, 4) is 5.75 Å². The molecule has 0 spiro atoms. The summed E-state index contributed by atoms with van der Waals surface area (Å²) in [7, 11) is 1.68. The Morgan fingerprint density at radius 1 is 1.21 bits per heavy atom. The minimum atomic E-state index is 0.103. The highest BCUT2D eigenvalue weighted by molar-refractivity contribution is 5.85. The molecule has 0 bridgehead atoms. The number of fused-ring (bicyclic) bond motifs is 2. The average Bonchev–Trinajstić information content (AvgIpc) is 3.44. The van der Waals surface area contributed by atoms with E-state index in [0.29, 0.717) is 19.0 Å². The van der Waals surface area contributed by atoms with Crippen LogP contribution in [0.2, 0.25) is 0 Å². The molecule has 33 heavy (non-hydrogen) atoms. The second-order valence-corrected chi connectivity index (χ2v) is 8.93. The van der Waals surface area contributed by atoms with Gasteiger partial charge in [0.1, 0.15) is 5.75 Å². The minimum Gasteiger partial charge on any atom is -0.497 e. The number of ether oxygens (including phenoxy) is 1. The number of piperidine rings is 1. The maximum Gasteiger partial charge on any atom is 0.234 e. The molecule has 0 saturated carbocycles. The lowest BCUT2D eigenvalue weighted by Crippen LogP contribution is -2.42. The van der Waals surface area contributed by atoms with Gasteiger partial charge in [-0.1, -0.05) is 12.1 Å². The summed E-state index contributed by atoms with van der Waals surface area (Å²) in [6.07, 6.45) is 6.98. The molecule has 3 heterocycles. The topological polar surface area (TPSA) is 75.2 Å². The Balaban J connectivity index is 1.06. The molecule has 1 amide bonds. The van der Waals surface area contributed by atoms with Gasteiger partial charge in [0.05, 0.1) is 31.0 Å². The number of para-hydroxylation sites is 2. The van der Waals surface area contributed by atoms with Crippen LogP contribution in [0, 0.1) is 5.92 Å². The number of hydrogen-bond acceptors (Lipinski definition) is 4. The number of aromatic nitrogens is 3. The number of nitrogens with one attached hydrogen (secondary N) is 2. The Hall–Kier alpha value is -3.32. The van der Waals surface area contributed by atoms with Gasteiger partial charge in [0.2, 0.25) is 5.91 Å². The van der Waals surface area contributed by atoms with E-state index < -0.39 is 0 Å². The van der Waals surface area contributed by atoms with Crippen LogP contribution in [0.25, 0.3) is 21.9 Å². The van der Waals surface area contributed by atoms with Crippen LogP contribution in [-0.2, 0) is 17.8 Å². The van der Waals surface area contributed by atoms with Crippen LogP contribution >= 0.6 is 0 Å². The smallest absolute Gasteiger partial charge is 0.234 e. The van der Waals surface area contributed by atoms with Gasteiger partial charge in [0, 0.05) is 30.2 Å². The Kier molecular flexibility index (Phi) is 6.30. The highest BCUT2D eigenvalue weighted by atomic mass is 16.5. The standard InChI is InChI=1S/C26H31N5O2/c1-33-21-6-7-23-22(14-21)20(15-28-23)8-11-27-26(32)17-30-12-9-19(10-13-30)16-31-18-29-24-4-2-3-5-25(24)31/h2-7,14-15,18-19,28H,8-13,16-17H2,1H3,(H,27,32). The fraction of sp³-hybridized carbons (Fsp3) is 0.385. The summed E-state index contributed by atoms with van der Waals surface area (Å²) < 4.78 is 7.60. The molecular weight excluding hydrogens is 414 g/mol. The molecule has 5 rings (SSSR count). The predicted octanol–water partition coefficient (Wildman–Crippen LogP) is 3.60. The fourth-order valence-electron chi connectivity index (χ4n) is 4.85. The third-order valence-electron chi connectivity index (χ3n) is 6.75. The molecule has 0 atom stereocenters. The van der Waals surface area contributed by atoms with Crippen molar-refractivity contribution in [3.63, 3.8) is 0 Å². The van der Waals surface area contributed by atoms with Crippen molar-refractivity contribution >= 4 is 27.8 Å². The Labute approximate surface area is 193 Å². The number of nitrogens with zero attached hydrogens (tertiary/aromatic N) is 3. The quantitative estimate of drug-likeness (QED) is 0.435. The number of rotatable bonds is 8. The summed E-state index contributed by atoms with van der Waals surface area (Å²) in [4.78, 5) is 22.6. The Morgan fingerprint density at radius 2 is 2.06 bits per heavy atom. The zero-order chi connectivity index (χ0) is 22.6. The number of aromatic amines is 1. The first-order chi connectivity index (χ1) is 16.2. The van der Waals surface area contributed by atoms with Crippen LogP contribution in [0.4, 0.5) is 0 Å². The predicted molar refractivity (Wildman–Crippen MR) is 130 cm³/mol. The van der Waals surface area contributed by atoms with Crippen LogP contribution in [0.15, 0.2) is 55.0 Å². The largest absolute Gasteiger partial charge is 0.497 e. The van der Waals surface area contributed by atoms with Gasteiger partial charge in [0.15, 0.2) is 0 Å². The van der Waals surface area contributed by atoms with Gasteiger partial charge in [-0.25, -0.2) is 4.98 Å². The highest BCUT2D eigenvalue weighted by Crippen LogP contribution is 2.24. The second kappa shape index (κ2) is 9.67. The van der Waals surface area contributed by atoms with Gasteiger partial charge in [0.25, 0.3) is 0 Å². The molecule has 4 aromatic rings. The van der Waals surface area contributed by atoms with E-state index in [-0.39, 0.29) is 5.91 Å². The lowest BCUT2D eigenvalue weighted by molar-refractivity contribution is -0.122. The van der Waals surface area contributed by atoms with Gasteiger partial charge < -0.3 is 19.6 Å². The lowest BCUT2D eigenvalue weighted by atomic mass is 9.96. The number of carbonyl (C=O) groups excluding carboxylic acids is 1. The molecular formula is C26H31N5O2. The van der Waals surface area contributed by atoms with Gasteiger partial charge in [-0.15, -0.1) is 0 Å².